The summed E-state index contributed by atoms with van der Waals surface area (Å²) in [6.07, 6.45) is 2.76. The zero-order valence-electron chi connectivity index (χ0n) is 9.42. The van der Waals surface area contributed by atoms with E-state index in [-0.39, 0.29) is 17.4 Å². The second-order valence-electron chi connectivity index (χ2n) is 3.37. The van der Waals surface area contributed by atoms with Crippen molar-refractivity contribution in [2.45, 2.75) is 0 Å². The number of benzene rings is 1. The van der Waals surface area contributed by atoms with E-state index in [1.807, 2.05) is 0 Å². The maximum Gasteiger partial charge on any atom is 0.249 e. The number of oxime groups is 1. The molecule has 2 rings (SSSR count). The predicted octanol–water partition coefficient (Wildman–Crippen LogP) is 2.26. The maximum absolute atomic E-state index is 13.0. The van der Waals surface area contributed by atoms with Gasteiger partial charge in [-0.2, -0.15) is 0 Å². The predicted molar refractivity (Wildman–Crippen MR) is 68.7 cm³/mol. The SMILES string of the molecule is NC(=NO)c1nccnc1Oc1ccc(F)cc1Br. The van der Waals surface area contributed by atoms with E-state index < -0.39 is 5.82 Å². The molecule has 0 aliphatic heterocycles. The molecule has 0 atom stereocenters. The fourth-order valence-corrected chi connectivity index (χ4v) is 1.72. The molecule has 1 aromatic heterocycles. The molecule has 8 heteroatoms. The van der Waals surface area contributed by atoms with Crippen LogP contribution in [0, 0.1) is 5.82 Å². The highest BCUT2D eigenvalue weighted by Crippen LogP contribution is 2.30. The van der Waals surface area contributed by atoms with E-state index in [2.05, 4.69) is 31.1 Å². The fourth-order valence-electron chi connectivity index (χ4n) is 1.29. The van der Waals surface area contributed by atoms with E-state index in [1.54, 1.807) is 0 Å². The quantitative estimate of drug-likeness (QED) is 0.390. The lowest BCUT2D eigenvalue weighted by molar-refractivity contribution is 0.318. The highest BCUT2D eigenvalue weighted by molar-refractivity contribution is 9.10. The van der Waals surface area contributed by atoms with Crippen molar-refractivity contribution >= 4 is 21.8 Å². The van der Waals surface area contributed by atoms with Gasteiger partial charge in [0.25, 0.3) is 0 Å². The number of nitrogens with zero attached hydrogens (tertiary/aromatic N) is 3. The van der Waals surface area contributed by atoms with Crippen molar-refractivity contribution in [1.29, 1.82) is 0 Å². The zero-order valence-corrected chi connectivity index (χ0v) is 11.0. The molecule has 1 aromatic carbocycles. The molecule has 3 N–H and O–H groups in total. The van der Waals surface area contributed by atoms with Gasteiger partial charge in [-0.05, 0) is 34.1 Å². The topological polar surface area (TPSA) is 93.6 Å². The van der Waals surface area contributed by atoms with Gasteiger partial charge in [-0.3, -0.25) is 0 Å². The first-order valence-electron chi connectivity index (χ1n) is 5.03. The number of rotatable bonds is 3. The largest absolute Gasteiger partial charge is 0.436 e. The highest BCUT2D eigenvalue weighted by Gasteiger charge is 2.13. The van der Waals surface area contributed by atoms with Crippen molar-refractivity contribution in [1.82, 2.24) is 9.97 Å². The second-order valence-corrected chi connectivity index (χ2v) is 4.23. The standard InChI is InChI=1S/C11H8BrFN4O2/c12-7-5-6(13)1-2-8(7)19-11-9(10(14)17-18)15-3-4-16-11/h1-5,18H,(H2,14,17). The van der Waals surface area contributed by atoms with E-state index in [9.17, 15) is 4.39 Å². The van der Waals surface area contributed by atoms with Crippen LogP contribution < -0.4 is 10.5 Å². The van der Waals surface area contributed by atoms with Gasteiger partial charge in [-0.15, -0.1) is 0 Å². The smallest absolute Gasteiger partial charge is 0.249 e. The molecule has 0 radical (unpaired) electrons. The molecule has 0 spiro atoms. The normalized spacial score (nSPS) is 11.4. The summed E-state index contributed by atoms with van der Waals surface area (Å²) in [7, 11) is 0. The van der Waals surface area contributed by atoms with Gasteiger partial charge in [0.2, 0.25) is 5.88 Å². The number of aromatic nitrogens is 2. The average Bonchev–Trinajstić information content (AvgIpc) is 2.41. The number of amidine groups is 1. The Kier molecular flexibility index (Phi) is 3.91. The molecule has 0 fully saturated rings. The molecule has 2 aromatic rings. The van der Waals surface area contributed by atoms with Gasteiger partial charge in [0, 0.05) is 12.4 Å². The highest BCUT2D eigenvalue weighted by atomic mass is 79.9. The first-order chi connectivity index (χ1) is 9.11. The Labute approximate surface area is 115 Å². The minimum Gasteiger partial charge on any atom is -0.436 e. The fraction of sp³-hybridized carbons (Fsp3) is 0. The van der Waals surface area contributed by atoms with Gasteiger partial charge in [0.05, 0.1) is 4.47 Å². The van der Waals surface area contributed by atoms with E-state index in [0.717, 1.165) is 0 Å². The molecule has 0 saturated carbocycles. The summed E-state index contributed by atoms with van der Waals surface area (Å²) in [4.78, 5) is 7.84. The molecule has 0 aliphatic rings. The summed E-state index contributed by atoms with van der Waals surface area (Å²) < 4.78 is 18.8. The summed E-state index contributed by atoms with van der Waals surface area (Å²) in [5.41, 5.74) is 5.54. The third-order valence-corrected chi connectivity index (χ3v) is 2.74. The van der Waals surface area contributed by atoms with Crippen LogP contribution in [0.2, 0.25) is 0 Å². The molecule has 0 amide bonds. The zero-order chi connectivity index (χ0) is 13.8. The van der Waals surface area contributed by atoms with Crippen molar-refractivity contribution in [3.05, 3.63) is 46.6 Å². The summed E-state index contributed by atoms with van der Waals surface area (Å²) >= 11 is 3.16. The van der Waals surface area contributed by atoms with Crippen LogP contribution in [0.1, 0.15) is 5.69 Å². The van der Waals surface area contributed by atoms with E-state index in [4.69, 9.17) is 15.7 Å². The van der Waals surface area contributed by atoms with Crippen LogP contribution in [0.3, 0.4) is 0 Å². The van der Waals surface area contributed by atoms with Gasteiger partial charge < -0.3 is 15.7 Å². The number of ether oxygens (including phenoxy) is 1. The number of nitrogens with two attached hydrogens (primary N) is 1. The monoisotopic (exact) mass is 326 g/mol. The minimum absolute atomic E-state index is 0.0464. The third kappa shape index (κ3) is 2.97. The molecule has 1 heterocycles. The maximum atomic E-state index is 13.0. The van der Waals surface area contributed by atoms with Gasteiger partial charge in [-0.25, -0.2) is 14.4 Å². The molecule has 6 nitrogen and oxygen atoms in total. The second kappa shape index (κ2) is 5.61. The van der Waals surface area contributed by atoms with Crippen LogP contribution in [0.4, 0.5) is 4.39 Å². The van der Waals surface area contributed by atoms with E-state index in [0.29, 0.717) is 10.2 Å². The Balaban J connectivity index is 2.38. The van der Waals surface area contributed by atoms with Crippen LogP contribution in [0.15, 0.2) is 40.2 Å². The Hall–Kier alpha value is -2.22. The minimum atomic E-state index is -0.407. The molecule has 0 aliphatic carbocycles. The van der Waals surface area contributed by atoms with Gasteiger partial charge in [0.15, 0.2) is 11.5 Å². The van der Waals surface area contributed by atoms with Crippen molar-refractivity contribution in [3.8, 4) is 11.6 Å². The van der Waals surface area contributed by atoms with Crippen molar-refractivity contribution in [2.75, 3.05) is 0 Å². The molecule has 98 valence electrons. The summed E-state index contributed by atoms with van der Waals surface area (Å²) in [6, 6.07) is 3.90. The van der Waals surface area contributed by atoms with Gasteiger partial charge >= 0.3 is 0 Å². The molecule has 0 bridgehead atoms. The summed E-state index contributed by atoms with van der Waals surface area (Å²) in [5.74, 6) is -0.268. The Morgan fingerprint density at radius 1 is 1.37 bits per heavy atom. The first-order valence-corrected chi connectivity index (χ1v) is 5.83. The van der Waals surface area contributed by atoms with E-state index >= 15 is 0 Å². The first kappa shape index (κ1) is 13.2. The number of hydrogen-bond donors (Lipinski definition) is 2. The van der Waals surface area contributed by atoms with Crippen molar-refractivity contribution in [2.24, 2.45) is 10.9 Å². The van der Waals surface area contributed by atoms with Crippen LogP contribution in [0.25, 0.3) is 0 Å². The van der Waals surface area contributed by atoms with Crippen molar-refractivity contribution < 1.29 is 14.3 Å². The molecular formula is C11H8BrFN4O2. The summed E-state index contributed by atoms with van der Waals surface area (Å²) in [5, 5.41) is 11.5. The average molecular weight is 327 g/mol. The van der Waals surface area contributed by atoms with Crippen LogP contribution in [-0.4, -0.2) is 21.0 Å². The Bertz CT molecular complexity index is 636. The molecule has 0 unspecified atom stereocenters. The molecule has 19 heavy (non-hydrogen) atoms. The van der Waals surface area contributed by atoms with Gasteiger partial charge in [0.1, 0.15) is 11.6 Å². The molecular weight excluding hydrogens is 319 g/mol. The lowest BCUT2D eigenvalue weighted by atomic mass is 10.3. The Morgan fingerprint density at radius 3 is 2.79 bits per heavy atom. The van der Waals surface area contributed by atoms with Crippen molar-refractivity contribution in [3.63, 3.8) is 0 Å². The van der Waals surface area contributed by atoms with E-state index in [1.165, 1.54) is 30.6 Å². The lowest BCUT2D eigenvalue weighted by Gasteiger charge is -2.09. The molecule has 0 saturated heterocycles. The number of hydrogen-bond acceptors (Lipinski definition) is 5. The van der Waals surface area contributed by atoms with Crippen LogP contribution >= 0.6 is 15.9 Å². The van der Waals surface area contributed by atoms with Crippen LogP contribution in [-0.2, 0) is 0 Å². The van der Waals surface area contributed by atoms with Crippen LogP contribution in [0.5, 0.6) is 11.6 Å². The number of halogens is 2. The Morgan fingerprint density at radius 2 is 2.11 bits per heavy atom. The summed E-state index contributed by atoms with van der Waals surface area (Å²) in [6.45, 7) is 0. The third-order valence-electron chi connectivity index (χ3n) is 2.12. The van der Waals surface area contributed by atoms with Gasteiger partial charge in [-0.1, -0.05) is 5.16 Å². The lowest BCUT2D eigenvalue weighted by Crippen LogP contribution is -2.16.